The lowest BCUT2D eigenvalue weighted by atomic mass is 9.98. The van der Waals surface area contributed by atoms with Crippen molar-refractivity contribution in [2.24, 2.45) is 0 Å². The molecule has 0 aliphatic heterocycles. The molecule has 0 saturated heterocycles. The Kier molecular flexibility index (Phi) is 9.49. The van der Waals surface area contributed by atoms with E-state index in [9.17, 15) is 4.89 Å². The Bertz CT molecular complexity index is 2690. The van der Waals surface area contributed by atoms with Crippen LogP contribution >= 0.6 is 8.24 Å². The molecule has 0 fully saturated rings. The van der Waals surface area contributed by atoms with E-state index in [1.165, 1.54) is 20.7 Å². The van der Waals surface area contributed by atoms with Crippen molar-refractivity contribution in [3.63, 3.8) is 0 Å². The van der Waals surface area contributed by atoms with Gasteiger partial charge in [-0.2, -0.15) is 0 Å². The first-order valence-electron chi connectivity index (χ1n) is 20.2. The Hall–Kier alpha value is -5.43. The fourth-order valence-electron chi connectivity index (χ4n) is 10.3. The maximum absolute atomic E-state index is 12.4. The van der Waals surface area contributed by atoms with Gasteiger partial charge < -0.3 is 8.39 Å². The van der Waals surface area contributed by atoms with Crippen LogP contribution in [0.4, 0.5) is 0 Å². The molecule has 0 unspecified atom stereocenters. The fraction of sp³-hybridized carbons (Fsp3) is 0.154. The molecule has 0 atom stereocenters. The summed E-state index contributed by atoms with van der Waals surface area (Å²) in [6, 6.07) is 66.2. The van der Waals surface area contributed by atoms with Crippen molar-refractivity contribution in [2.45, 2.75) is 51.6 Å². The lowest BCUT2D eigenvalue weighted by Gasteiger charge is -2.45. The molecule has 0 saturated carbocycles. The van der Waals surface area contributed by atoms with Gasteiger partial charge in [0, 0.05) is 10.8 Å². The third-order valence-corrected chi connectivity index (χ3v) is 24.8. The van der Waals surface area contributed by atoms with Gasteiger partial charge in [-0.1, -0.05) is 224 Å². The van der Waals surface area contributed by atoms with Crippen molar-refractivity contribution >= 4 is 99.0 Å². The van der Waals surface area contributed by atoms with Crippen LogP contribution < -0.4 is 31.1 Å². The summed E-state index contributed by atoms with van der Waals surface area (Å²) >= 11 is 0. The monoisotopic (exact) mass is 808 g/mol. The van der Waals surface area contributed by atoms with Crippen LogP contribution in [0.5, 0.6) is 0 Å². The Morgan fingerprint density at radius 2 is 0.672 bits per heavy atom. The number of hydrogen-bond acceptors (Lipinski definition) is 3. The minimum Gasteiger partial charge on any atom is -0.399 e. The van der Waals surface area contributed by atoms with E-state index < -0.39 is 24.4 Å². The van der Waals surface area contributed by atoms with Gasteiger partial charge in [-0.05, 0) is 62.7 Å². The second-order valence-corrected chi connectivity index (χ2v) is 27.8. The van der Waals surface area contributed by atoms with E-state index in [-0.39, 0.29) is 10.1 Å². The van der Waals surface area contributed by atoms with Gasteiger partial charge in [0.1, 0.15) is 11.2 Å². The molecule has 0 aliphatic rings. The predicted octanol–water partition coefficient (Wildman–Crippen LogP) is 10.9. The lowest BCUT2D eigenvalue weighted by Crippen LogP contribution is -2.72. The van der Waals surface area contributed by atoms with Crippen LogP contribution in [0.15, 0.2) is 190 Å². The first-order valence-corrected chi connectivity index (χ1v) is 25.3. The molecule has 3 nitrogen and oxygen atoms in total. The number of fused-ring (bicyclic) bond motifs is 7. The highest BCUT2D eigenvalue weighted by atomic mass is 31.1. The second kappa shape index (κ2) is 14.4. The van der Waals surface area contributed by atoms with Crippen molar-refractivity contribution in [2.75, 3.05) is 0 Å². The van der Waals surface area contributed by atoms with Crippen molar-refractivity contribution in [1.82, 2.24) is 0 Å². The van der Waals surface area contributed by atoms with Crippen LogP contribution in [0.1, 0.15) is 41.5 Å². The number of rotatable bonds is 6. The zero-order valence-corrected chi connectivity index (χ0v) is 36.9. The topological polar surface area (TPSA) is 46.5 Å². The summed E-state index contributed by atoms with van der Waals surface area (Å²) in [5.41, 5.74) is 1.43. The van der Waals surface area contributed by atoms with Crippen molar-refractivity contribution in [1.29, 1.82) is 0 Å². The van der Waals surface area contributed by atoms with Gasteiger partial charge in [0.2, 0.25) is 0 Å². The van der Waals surface area contributed by atoms with Gasteiger partial charge >= 0.3 is 8.24 Å². The van der Waals surface area contributed by atoms with Crippen molar-refractivity contribution in [3.8, 4) is 0 Å². The summed E-state index contributed by atoms with van der Waals surface area (Å²) in [5.74, 6) is 0. The van der Waals surface area contributed by atoms with E-state index in [4.69, 9.17) is 8.39 Å². The smallest absolute Gasteiger partial charge is 0.384 e. The van der Waals surface area contributed by atoms with Crippen molar-refractivity contribution < 1.29 is 13.3 Å². The summed E-state index contributed by atoms with van der Waals surface area (Å²) in [5, 5.41) is 13.3. The molecule has 58 heavy (non-hydrogen) atoms. The third kappa shape index (κ3) is 5.79. The molecule has 1 N–H and O–H groups in total. The predicted molar refractivity (Wildman–Crippen MR) is 253 cm³/mol. The molecule has 9 rings (SSSR count). The highest BCUT2D eigenvalue weighted by molar-refractivity contribution is 7.30. The highest BCUT2D eigenvalue weighted by Gasteiger charge is 2.53. The lowest BCUT2D eigenvalue weighted by molar-refractivity contribution is 0.496. The molecule has 1 heterocycles. The summed E-state index contributed by atoms with van der Waals surface area (Å²) in [6.45, 7) is 14.3. The minimum absolute atomic E-state index is 0.234. The van der Waals surface area contributed by atoms with E-state index in [1.54, 1.807) is 0 Å². The van der Waals surface area contributed by atoms with Crippen LogP contribution in [0, 0.1) is 0 Å². The molecule has 0 spiro atoms. The van der Waals surface area contributed by atoms with Crippen LogP contribution in [-0.4, -0.2) is 21.0 Å². The van der Waals surface area contributed by atoms with Crippen molar-refractivity contribution in [3.05, 3.63) is 182 Å². The average molecular weight is 809 g/mol. The molecule has 9 aromatic rings. The van der Waals surface area contributed by atoms with Crippen LogP contribution in [0.2, 0.25) is 10.1 Å². The maximum atomic E-state index is 12.4. The fourth-order valence-corrected chi connectivity index (χ4v) is 22.8. The van der Waals surface area contributed by atoms with Gasteiger partial charge in [-0.3, -0.25) is 4.89 Å². The van der Waals surface area contributed by atoms with E-state index in [0.29, 0.717) is 11.2 Å². The quantitative estimate of drug-likeness (QED) is 0.134. The Labute approximate surface area is 344 Å². The molecule has 0 bridgehead atoms. The minimum atomic E-state index is -3.02. The summed E-state index contributed by atoms with van der Waals surface area (Å²) in [4.78, 5) is 12.4. The SMILES string of the molecule is CC(C)(C)[Si](c1ccccc1)(c1ccccc1)c1cc2ccccc2c2c1op(O)oc1c([Si](c3ccccc3)(c3ccccc3)C(C)(C)C)cc3ccccc3c12. The molecule has 0 amide bonds. The highest BCUT2D eigenvalue weighted by Crippen LogP contribution is 2.45. The number of hydrogen-bond donors (Lipinski definition) is 1. The summed E-state index contributed by atoms with van der Waals surface area (Å²) in [7, 11) is -8.47. The zero-order chi connectivity index (χ0) is 40.3. The molecular weight excluding hydrogens is 760 g/mol. The Morgan fingerprint density at radius 1 is 0.397 bits per heavy atom. The average Bonchev–Trinajstić information content (AvgIpc) is 3.38. The van der Waals surface area contributed by atoms with Crippen LogP contribution in [0.3, 0.4) is 0 Å². The Balaban J connectivity index is 1.61. The molecule has 6 heteroatoms. The van der Waals surface area contributed by atoms with E-state index >= 15 is 0 Å². The second-order valence-electron chi connectivity index (χ2n) is 17.6. The van der Waals surface area contributed by atoms with Gasteiger partial charge in [0.25, 0.3) is 0 Å². The number of benzene rings is 8. The summed E-state index contributed by atoms with van der Waals surface area (Å²) in [6.07, 6.45) is 0. The maximum Gasteiger partial charge on any atom is 0.384 e. The van der Waals surface area contributed by atoms with Crippen LogP contribution in [0.25, 0.3) is 43.5 Å². The van der Waals surface area contributed by atoms with E-state index in [2.05, 4.69) is 224 Å². The normalized spacial score (nSPS) is 12.7. The Morgan fingerprint density at radius 3 is 0.966 bits per heavy atom. The largest absolute Gasteiger partial charge is 0.399 e. The third-order valence-electron chi connectivity index (χ3n) is 12.5. The molecule has 0 radical (unpaired) electrons. The standard InChI is InChI=1S/C52H49O3PSi2/c1-51(2,3)57(39-25-11-7-12-26-39,40-27-13-8-14-28-40)45-35-37-23-19-21-33-43(37)47-48-44-34-22-20-24-38(44)36-46(50(48)55-56(53)54-49(45)47)58(52(4,5)6,41-29-15-9-16-30-41)42-31-17-10-18-32-42/h7-36,53H,1-6H3. The van der Waals surface area contributed by atoms with Gasteiger partial charge in [-0.15, -0.1) is 0 Å². The van der Waals surface area contributed by atoms with Gasteiger partial charge in [0.05, 0.1) is 0 Å². The molecule has 288 valence electrons. The zero-order valence-electron chi connectivity index (χ0n) is 34.0. The molecule has 0 aliphatic carbocycles. The van der Waals surface area contributed by atoms with Crippen LogP contribution in [-0.2, 0) is 0 Å². The van der Waals surface area contributed by atoms with Gasteiger partial charge in [-0.25, -0.2) is 0 Å². The van der Waals surface area contributed by atoms with E-state index in [0.717, 1.165) is 42.7 Å². The molecule has 1 aromatic heterocycles. The van der Waals surface area contributed by atoms with E-state index in [1.807, 2.05) is 0 Å². The molecular formula is C52H49O3PSi2. The van der Waals surface area contributed by atoms with Gasteiger partial charge in [0.15, 0.2) is 16.1 Å². The summed E-state index contributed by atoms with van der Waals surface area (Å²) < 4.78 is 14.2. The first kappa shape index (κ1) is 38.1. The molecule has 8 aromatic carbocycles. The first-order chi connectivity index (χ1) is 28.0.